The second-order valence-corrected chi connectivity index (χ2v) is 14.2. The van der Waals surface area contributed by atoms with Gasteiger partial charge >= 0.3 is 11.9 Å². The topological polar surface area (TPSA) is 119 Å². The first-order valence-electron chi connectivity index (χ1n) is 15.8. The van der Waals surface area contributed by atoms with Crippen LogP contribution in [-0.2, 0) is 25.5 Å². The van der Waals surface area contributed by atoms with Gasteiger partial charge in [-0.15, -0.1) is 0 Å². The smallest absolute Gasteiger partial charge is 0.326 e. The number of amides is 1. The summed E-state index contributed by atoms with van der Waals surface area (Å²) in [7, 11) is 0. The maximum atomic E-state index is 14.1. The second-order valence-electron chi connectivity index (χ2n) is 14.2. The molecule has 3 fully saturated rings. The Bertz CT molecular complexity index is 1430. The average molecular weight is 596 g/mol. The maximum absolute atomic E-state index is 14.1. The zero-order valence-corrected chi connectivity index (χ0v) is 25.4. The molecule has 232 valence electrons. The summed E-state index contributed by atoms with van der Waals surface area (Å²) in [5.41, 5.74) is 0.952. The molecule has 0 unspecified atom stereocenters. The third-order valence-electron chi connectivity index (χ3n) is 10.2. The molecule has 2 aliphatic carbocycles. The minimum atomic E-state index is -1.14. The Morgan fingerprint density at radius 1 is 1.02 bits per heavy atom. The molecule has 8 atom stereocenters. The highest BCUT2D eigenvalue weighted by Gasteiger charge is 2.55. The van der Waals surface area contributed by atoms with E-state index in [1.165, 1.54) is 23.5 Å². The van der Waals surface area contributed by atoms with Gasteiger partial charge in [-0.3, -0.25) is 9.59 Å². The lowest BCUT2D eigenvalue weighted by atomic mass is 9.77. The van der Waals surface area contributed by atoms with Gasteiger partial charge in [0.2, 0.25) is 11.8 Å². The van der Waals surface area contributed by atoms with Crippen LogP contribution in [0.3, 0.4) is 0 Å². The summed E-state index contributed by atoms with van der Waals surface area (Å²) in [6, 6.07) is 3.12. The van der Waals surface area contributed by atoms with Crippen molar-refractivity contribution < 1.29 is 33.4 Å². The lowest BCUT2D eigenvalue weighted by Crippen LogP contribution is -2.48. The molecule has 4 aliphatic rings. The molecule has 9 nitrogen and oxygen atoms in total. The number of carbonyl (C=O) groups excluding carboxylic acids is 2. The predicted molar refractivity (Wildman–Crippen MR) is 156 cm³/mol. The molecule has 3 heterocycles. The number of fused-ring (bicyclic) bond motifs is 7. The predicted octanol–water partition coefficient (Wildman–Crippen LogP) is 5.18. The second kappa shape index (κ2) is 11.3. The van der Waals surface area contributed by atoms with E-state index in [9.17, 15) is 23.9 Å². The number of aliphatic carboxylic acids is 1. The number of aromatic nitrogens is 2. The highest BCUT2D eigenvalue weighted by atomic mass is 19.1. The Labute approximate surface area is 251 Å². The Balaban J connectivity index is 1.36. The van der Waals surface area contributed by atoms with E-state index in [1.807, 2.05) is 20.8 Å². The Kier molecular flexibility index (Phi) is 7.84. The molecule has 1 amide bonds. The molecule has 43 heavy (non-hydrogen) atoms. The third-order valence-corrected chi connectivity index (χ3v) is 10.2. The van der Waals surface area contributed by atoms with Crippen molar-refractivity contribution in [2.24, 2.45) is 35.0 Å². The van der Waals surface area contributed by atoms with Crippen LogP contribution in [0, 0.1) is 40.8 Å². The maximum Gasteiger partial charge on any atom is 0.326 e. The van der Waals surface area contributed by atoms with Gasteiger partial charge in [0.05, 0.1) is 29.9 Å². The molecule has 1 saturated heterocycles. The number of benzene rings is 1. The van der Waals surface area contributed by atoms with Crippen molar-refractivity contribution >= 4 is 28.9 Å². The van der Waals surface area contributed by atoms with Crippen LogP contribution in [0.15, 0.2) is 18.2 Å². The van der Waals surface area contributed by atoms with Gasteiger partial charge in [0.25, 0.3) is 0 Å². The van der Waals surface area contributed by atoms with Crippen LogP contribution in [0.2, 0.25) is 0 Å². The molecule has 1 N–H and O–H groups in total. The Hall–Kier alpha value is -3.30. The Morgan fingerprint density at radius 3 is 2.56 bits per heavy atom. The highest BCUT2D eigenvalue weighted by Crippen LogP contribution is 2.58. The van der Waals surface area contributed by atoms with Gasteiger partial charge in [-0.2, -0.15) is 0 Å². The number of rotatable bonds is 1. The third kappa shape index (κ3) is 5.94. The minimum absolute atomic E-state index is 0.0228. The van der Waals surface area contributed by atoms with Crippen LogP contribution in [0.25, 0.3) is 11.0 Å². The van der Waals surface area contributed by atoms with Crippen LogP contribution in [0.5, 0.6) is 5.88 Å². The van der Waals surface area contributed by atoms with Gasteiger partial charge < -0.3 is 19.5 Å². The molecule has 1 aromatic carbocycles. The molecule has 2 saturated carbocycles. The molecule has 2 aromatic rings. The van der Waals surface area contributed by atoms with E-state index in [0.29, 0.717) is 40.9 Å². The summed E-state index contributed by atoms with van der Waals surface area (Å²) < 4.78 is 26.5. The molecule has 6 rings (SSSR count). The van der Waals surface area contributed by atoms with Crippen molar-refractivity contribution in [3.05, 3.63) is 29.7 Å². The number of carbonyl (C=O) groups is 3. The van der Waals surface area contributed by atoms with Gasteiger partial charge in [-0.1, -0.05) is 40.5 Å². The fourth-order valence-corrected chi connectivity index (χ4v) is 7.69. The quantitative estimate of drug-likeness (QED) is 0.448. The number of esters is 1. The zero-order chi connectivity index (χ0) is 30.6. The van der Waals surface area contributed by atoms with Gasteiger partial charge in [-0.25, -0.2) is 19.2 Å². The van der Waals surface area contributed by atoms with E-state index in [1.54, 1.807) is 13.0 Å². The molecular weight excluding hydrogens is 553 g/mol. The van der Waals surface area contributed by atoms with Crippen molar-refractivity contribution in [2.45, 2.75) is 97.3 Å². The van der Waals surface area contributed by atoms with E-state index in [0.717, 1.165) is 32.1 Å². The molecule has 10 heteroatoms. The van der Waals surface area contributed by atoms with Gasteiger partial charge in [0, 0.05) is 12.0 Å². The molecule has 2 bridgehead atoms. The van der Waals surface area contributed by atoms with Crippen molar-refractivity contribution in [2.75, 3.05) is 6.54 Å². The van der Waals surface area contributed by atoms with Gasteiger partial charge in [0.15, 0.2) is 0 Å². The summed E-state index contributed by atoms with van der Waals surface area (Å²) in [6.45, 7) is 7.44. The minimum Gasteiger partial charge on any atom is -0.480 e. The summed E-state index contributed by atoms with van der Waals surface area (Å²) in [5.74, 6) is -1.87. The normalized spacial score (nSPS) is 33.5. The first kappa shape index (κ1) is 29.8. The van der Waals surface area contributed by atoms with Crippen LogP contribution in [-0.4, -0.2) is 62.6 Å². The average Bonchev–Trinajstić information content (AvgIpc) is 3.50. The van der Waals surface area contributed by atoms with E-state index in [-0.39, 0.29) is 30.9 Å². The van der Waals surface area contributed by atoms with E-state index in [4.69, 9.17) is 14.5 Å². The van der Waals surface area contributed by atoms with Gasteiger partial charge in [-0.05, 0) is 67.4 Å². The fourth-order valence-electron chi connectivity index (χ4n) is 7.69. The number of hydrogen-bond donors (Lipinski definition) is 1. The lowest BCUT2D eigenvalue weighted by Gasteiger charge is -2.34. The van der Waals surface area contributed by atoms with Crippen molar-refractivity contribution in [1.29, 1.82) is 0 Å². The summed E-state index contributed by atoms with van der Waals surface area (Å²) in [6.07, 6.45) is 5.57. The summed E-state index contributed by atoms with van der Waals surface area (Å²) in [4.78, 5) is 50.7. The van der Waals surface area contributed by atoms with Crippen molar-refractivity contribution in [3.8, 4) is 5.88 Å². The van der Waals surface area contributed by atoms with E-state index < -0.39 is 47.1 Å². The fraction of sp³-hybridized carbons (Fsp3) is 0.667. The zero-order valence-electron chi connectivity index (χ0n) is 25.4. The number of carboxylic acid groups (broad SMARTS) is 1. The largest absolute Gasteiger partial charge is 0.480 e. The molecule has 1 aromatic heterocycles. The molecule has 0 radical (unpaired) electrons. The molecule has 2 aliphatic heterocycles. The number of halogens is 1. The van der Waals surface area contributed by atoms with Crippen LogP contribution in [0.1, 0.15) is 78.3 Å². The van der Waals surface area contributed by atoms with Crippen LogP contribution in [0.4, 0.5) is 4.39 Å². The van der Waals surface area contributed by atoms with E-state index >= 15 is 0 Å². The molecular formula is C33H42FN3O6. The first-order chi connectivity index (χ1) is 20.4. The highest BCUT2D eigenvalue weighted by molar-refractivity contribution is 5.89. The SMILES string of the molecule is C[C@@H]1[C@@H]2CN(C(=O)[C@H](C(C)(C)C)CC(=O)O[C@@H]3C[C@@H]4C[C@@H]4[C@H]3CCCCCc3nc4ccc(F)cc4nc3O2)[C@@H]1C(=O)O. The molecule has 0 spiro atoms. The number of nitrogens with zero attached hydrogens (tertiary/aromatic N) is 3. The standard InChI is InChI=1S/C33H42FN3O6/c1-17-27-16-37(29(17)32(40)41)31(39)22(33(2,3)4)15-28(38)42-26-13-18-12-21(18)20(26)8-6-5-7-9-24-30(43-27)36-25-14-19(34)10-11-23(25)35-24/h10-11,14,17-18,20-22,26-27,29H,5-9,12-13,15-16H2,1-4H3,(H,40,41)/t17-,18+,20-,21+,22-,26-,27+,29+/m1/s1. The number of aryl methyl sites for hydroxylation is 1. The van der Waals surface area contributed by atoms with Crippen LogP contribution < -0.4 is 4.74 Å². The lowest BCUT2D eigenvalue weighted by molar-refractivity contribution is -0.160. The monoisotopic (exact) mass is 595 g/mol. The summed E-state index contributed by atoms with van der Waals surface area (Å²) in [5, 5.41) is 10.2. The van der Waals surface area contributed by atoms with Crippen LogP contribution >= 0.6 is 0 Å². The van der Waals surface area contributed by atoms with Crippen molar-refractivity contribution in [1.82, 2.24) is 14.9 Å². The first-order valence-corrected chi connectivity index (χ1v) is 15.8. The summed E-state index contributed by atoms with van der Waals surface area (Å²) >= 11 is 0. The van der Waals surface area contributed by atoms with Gasteiger partial charge in [0.1, 0.15) is 29.8 Å². The number of hydrogen-bond acceptors (Lipinski definition) is 7. The number of carboxylic acids is 1. The van der Waals surface area contributed by atoms with Crippen molar-refractivity contribution in [3.63, 3.8) is 0 Å². The Morgan fingerprint density at radius 2 is 1.81 bits per heavy atom. The number of ether oxygens (including phenoxy) is 2. The van der Waals surface area contributed by atoms with E-state index in [2.05, 4.69) is 4.98 Å².